The van der Waals surface area contributed by atoms with Gasteiger partial charge in [0.2, 0.25) is 0 Å². The second-order valence-corrected chi connectivity index (χ2v) is 21.1. The molecule has 0 amide bonds. The zero-order chi connectivity index (χ0) is 48.1. The molecule has 0 N–H and O–H groups in total. The van der Waals surface area contributed by atoms with Gasteiger partial charge in [0.25, 0.3) is 0 Å². The lowest BCUT2D eigenvalue weighted by molar-refractivity contribution is -0.167. The molecule has 0 saturated heterocycles. The van der Waals surface area contributed by atoms with Crippen molar-refractivity contribution in [3.8, 4) is 0 Å². The van der Waals surface area contributed by atoms with Crippen molar-refractivity contribution in [1.82, 2.24) is 0 Å². The Morgan fingerprint density at radius 3 is 0.742 bits per heavy atom. The molecule has 392 valence electrons. The topological polar surface area (TPSA) is 78.9 Å². The quantitative estimate of drug-likeness (QED) is 0.0343. The van der Waals surface area contributed by atoms with E-state index in [9.17, 15) is 14.4 Å². The van der Waals surface area contributed by atoms with Gasteiger partial charge in [0.15, 0.2) is 6.10 Å². The summed E-state index contributed by atoms with van der Waals surface area (Å²) in [6.07, 6.45) is 59.5. The number of carbonyl (C=O) groups excluding carboxylic acids is 3. The minimum atomic E-state index is -0.762. The predicted octanol–water partition coefficient (Wildman–Crippen LogP) is 19.8. The molecule has 0 radical (unpaired) electrons. The lowest BCUT2D eigenvalue weighted by Crippen LogP contribution is -2.30. The van der Waals surface area contributed by atoms with E-state index in [1.165, 1.54) is 238 Å². The van der Waals surface area contributed by atoms with E-state index in [1.807, 2.05) is 0 Å². The average Bonchev–Trinajstić information content (AvgIpc) is 3.30. The van der Waals surface area contributed by atoms with Gasteiger partial charge < -0.3 is 14.2 Å². The summed E-state index contributed by atoms with van der Waals surface area (Å²) >= 11 is 0. The first-order chi connectivity index (χ1) is 32.4. The van der Waals surface area contributed by atoms with Gasteiger partial charge in [-0.3, -0.25) is 14.4 Å². The minimum absolute atomic E-state index is 0.0618. The third-order valence-electron chi connectivity index (χ3n) is 13.8. The Balaban J connectivity index is 4.28. The smallest absolute Gasteiger partial charge is 0.306 e. The fourth-order valence-corrected chi connectivity index (χ4v) is 9.28. The van der Waals surface area contributed by atoms with Crippen LogP contribution in [0.25, 0.3) is 0 Å². The van der Waals surface area contributed by atoms with Crippen LogP contribution in [0, 0.1) is 5.92 Å². The molecule has 0 aliphatic rings. The molecule has 0 saturated carbocycles. The molecule has 0 rings (SSSR count). The van der Waals surface area contributed by atoms with Crippen LogP contribution in [0.3, 0.4) is 0 Å². The van der Waals surface area contributed by atoms with Crippen LogP contribution in [0.15, 0.2) is 0 Å². The van der Waals surface area contributed by atoms with E-state index in [2.05, 4.69) is 27.7 Å². The van der Waals surface area contributed by atoms with Crippen molar-refractivity contribution in [2.45, 2.75) is 348 Å². The second-order valence-electron chi connectivity index (χ2n) is 21.1. The van der Waals surface area contributed by atoms with Crippen LogP contribution >= 0.6 is 0 Å². The SMILES string of the molecule is CCCCCCCCCCCCCCCCCCCCC(=O)OC[C@H](COC(=O)CCCCCCCCCCCCC(C)C)OC(=O)CCCCCCCCCCCCCCCCCCC. The van der Waals surface area contributed by atoms with E-state index < -0.39 is 6.10 Å². The molecule has 6 heteroatoms. The molecule has 1 atom stereocenters. The van der Waals surface area contributed by atoms with Gasteiger partial charge >= 0.3 is 17.9 Å². The molecule has 0 aliphatic carbocycles. The van der Waals surface area contributed by atoms with Crippen LogP contribution in [0.5, 0.6) is 0 Å². The van der Waals surface area contributed by atoms with E-state index in [1.54, 1.807) is 0 Å². The molecular weight excluding hydrogens is 817 g/mol. The maximum absolute atomic E-state index is 12.9. The minimum Gasteiger partial charge on any atom is -0.462 e. The highest BCUT2D eigenvalue weighted by atomic mass is 16.6. The normalized spacial score (nSPS) is 12.0. The van der Waals surface area contributed by atoms with Crippen LogP contribution in [-0.4, -0.2) is 37.2 Å². The van der Waals surface area contributed by atoms with Gasteiger partial charge in [0.1, 0.15) is 13.2 Å². The molecule has 0 aromatic rings. The molecule has 0 heterocycles. The van der Waals surface area contributed by atoms with Crippen molar-refractivity contribution < 1.29 is 28.6 Å². The molecule has 0 aromatic heterocycles. The van der Waals surface area contributed by atoms with Crippen molar-refractivity contribution in [2.75, 3.05) is 13.2 Å². The van der Waals surface area contributed by atoms with Crippen LogP contribution in [0.4, 0.5) is 0 Å². The average molecular weight is 934 g/mol. The van der Waals surface area contributed by atoms with Gasteiger partial charge in [-0.1, -0.05) is 304 Å². The van der Waals surface area contributed by atoms with Crippen molar-refractivity contribution in [2.24, 2.45) is 5.92 Å². The van der Waals surface area contributed by atoms with Crippen LogP contribution in [0.2, 0.25) is 0 Å². The molecule has 0 aromatic carbocycles. The fraction of sp³-hybridized carbons (Fsp3) is 0.950. The molecule has 0 unspecified atom stereocenters. The summed E-state index contributed by atoms with van der Waals surface area (Å²) in [6.45, 7) is 9.05. The molecule has 0 bridgehead atoms. The predicted molar refractivity (Wildman–Crippen MR) is 284 cm³/mol. The van der Waals surface area contributed by atoms with Crippen molar-refractivity contribution >= 4 is 17.9 Å². The summed E-state index contributed by atoms with van der Waals surface area (Å²) in [4.78, 5) is 38.2. The van der Waals surface area contributed by atoms with Gasteiger partial charge in [-0.05, 0) is 25.2 Å². The van der Waals surface area contributed by atoms with Crippen LogP contribution < -0.4 is 0 Å². The number of hydrogen-bond acceptors (Lipinski definition) is 6. The summed E-state index contributed by atoms with van der Waals surface area (Å²) < 4.78 is 16.9. The Hall–Kier alpha value is -1.59. The molecule has 0 aliphatic heterocycles. The first-order valence-corrected chi connectivity index (χ1v) is 29.9. The summed E-state index contributed by atoms with van der Waals surface area (Å²) in [7, 11) is 0. The van der Waals surface area contributed by atoms with Crippen molar-refractivity contribution in [3.05, 3.63) is 0 Å². The molecule has 0 spiro atoms. The number of carbonyl (C=O) groups is 3. The van der Waals surface area contributed by atoms with E-state index in [-0.39, 0.29) is 31.1 Å². The molecule has 6 nitrogen and oxygen atoms in total. The van der Waals surface area contributed by atoms with Gasteiger partial charge in [-0.15, -0.1) is 0 Å². The number of ether oxygens (including phenoxy) is 3. The maximum Gasteiger partial charge on any atom is 0.306 e. The van der Waals surface area contributed by atoms with E-state index in [0.29, 0.717) is 19.3 Å². The Bertz CT molecular complexity index is 996. The highest BCUT2D eigenvalue weighted by molar-refractivity contribution is 5.71. The van der Waals surface area contributed by atoms with Gasteiger partial charge in [0.05, 0.1) is 0 Å². The number of esters is 3. The number of rotatable bonds is 55. The summed E-state index contributed by atoms with van der Waals surface area (Å²) in [5.41, 5.74) is 0. The molecule has 66 heavy (non-hydrogen) atoms. The maximum atomic E-state index is 12.9. The standard InChI is InChI=1S/C60H116O6/c1-5-7-9-11-13-15-17-19-21-23-25-26-28-30-35-39-43-47-51-58(61)64-54-57(55-65-59(62)52-48-44-40-36-33-32-34-38-42-46-50-56(3)4)66-60(63)53-49-45-41-37-31-29-27-24-22-20-18-16-14-12-10-8-6-2/h56-57H,5-55H2,1-4H3/t57-/m1/s1. The first-order valence-electron chi connectivity index (χ1n) is 29.9. The summed E-state index contributed by atoms with van der Waals surface area (Å²) in [5.74, 6) is -0.0156. The third kappa shape index (κ3) is 53.4. The second kappa shape index (κ2) is 54.4. The lowest BCUT2D eigenvalue weighted by atomic mass is 10.0. The highest BCUT2D eigenvalue weighted by Gasteiger charge is 2.19. The zero-order valence-electron chi connectivity index (χ0n) is 45.2. The van der Waals surface area contributed by atoms with E-state index in [4.69, 9.17) is 14.2 Å². The third-order valence-corrected chi connectivity index (χ3v) is 13.8. The Labute approximate surface area is 412 Å². The Morgan fingerprint density at radius 1 is 0.288 bits per heavy atom. The molecular formula is C60H116O6. The number of hydrogen-bond donors (Lipinski definition) is 0. The van der Waals surface area contributed by atoms with Crippen molar-refractivity contribution in [3.63, 3.8) is 0 Å². The largest absolute Gasteiger partial charge is 0.462 e. The summed E-state index contributed by atoms with van der Waals surface area (Å²) in [5, 5.41) is 0. The van der Waals surface area contributed by atoms with E-state index in [0.717, 1.165) is 63.7 Å². The molecule has 0 fully saturated rings. The fourth-order valence-electron chi connectivity index (χ4n) is 9.28. The van der Waals surface area contributed by atoms with E-state index >= 15 is 0 Å². The lowest BCUT2D eigenvalue weighted by Gasteiger charge is -2.18. The van der Waals surface area contributed by atoms with Gasteiger partial charge in [0, 0.05) is 19.3 Å². The monoisotopic (exact) mass is 933 g/mol. The summed E-state index contributed by atoms with van der Waals surface area (Å²) in [6, 6.07) is 0. The van der Waals surface area contributed by atoms with Crippen molar-refractivity contribution in [1.29, 1.82) is 0 Å². The van der Waals surface area contributed by atoms with Crippen LogP contribution in [-0.2, 0) is 28.6 Å². The Morgan fingerprint density at radius 2 is 0.500 bits per heavy atom. The zero-order valence-corrected chi connectivity index (χ0v) is 45.2. The first kappa shape index (κ1) is 64.4. The highest BCUT2D eigenvalue weighted by Crippen LogP contribution is 2.18. The van der Waals surface area contributed by atoms with Gasteiger partial charge in [-0.25, -0.2) is 0 Å². The van der Waals surface area contributed by atoms with Crippen LogP contribution in [0.1, 0.15) is 342 Å². The number of unbranched alkanes of at least 4 members (excludes halogenated alkanes) is 42. The Kier molecular flexibility index (Phi) is 53.0. The van der Waals surface area contributed by atoms with Gasteiger partial charge in [-0.2, -0.15) is 0 Å².